The number of hydrogen-bond acceptors (Lipinski definition) is 4. The third kappa shape index (κ3) is 3.41. The van der Waals surface area contributed by atoms with E-state index in [2.05, 4.69) is 10.4 Å². The quantitative estimate of drug-likeness (QED) is 0.815. The number of halogens is 1. The highest BCUT2D eigenvalue weighted by molar-refractivity contribution is 5.91. The number of amides is 1. The normalized spacial score (nSPS) is 10.2. The van der Waals surface area contributed by atoms with E-state index < -0.39 is 11.7 Å². The molecule has 20 heavy (non-hydrogen) atoms. The highest BCUT2D eigenvalue weighted by atomic mass is 19.1. The highest BCUT2D eigenvalue weighted by Gasteiger charge is 2.08. The Bertz CT molecular complexity index is 684. The zero-order valence-electron chi connectivity index (χ0n) is 10.5. The van der Waals surface area contributed by atoms with Crippen LogP contribution in [0.1, 0.15) is 6.42 Å². The molecule has 6 nitrogen and oxygen atoms in total. The maximum absolute atomic E-state index is 13.4. The van der Waals surface area contributed by atoms with Crippen LogP contribution < -0.4 is 16.6 Å². The maximum atomic E-state index is 13.4. The molecule has 1 aromatic carbocycles. The number of carbonyl (C=O) groups is 1. The lowest BCUT2D eigenvalue weighted by atomic mass is 10.2. The molecule has 7 heteroatoms. The number of aromatic nitrogens is 2. The van der Waals surface area contributed by atoms with E-state index >= 15 is 0 Å². The van der Waals surface area contributed by atoms with Crippen LogP contribution >= 0.6 is 0 Å². The fourth-order valence-electron chi connectivity index (χ4n) is 1.61. The number of nitrogen functional groups attached to an aromatic ring is 1. The van der Waals surface area contributed by atoms with E-state index in [0.29, 0.717) is 5.69 Å². The molecule has 0 aliphatic heterocycles. The minimum Gasteiger partial charge on any atom is -0.399 e. The van der Waals surface area contributed by atoms with E-state index in [-0.39, 0.29) is 24.2 Å². The van der Waals surface area contributed by atoms with Crippen molar-refractivity contribution in [2.75, 3.05) is 11.1 Å². The molecule has 0 unspecified atom stereocenters. The number of nitrogens with zero attached hydrogens (tertiary/aromatic N) is 2. The molecule has 0 fully saturated rings. The van der Waals surface area contributed by atoms with E-state index in [4.69, 9.17) is 5.73 Å². The van der Waals surface area contributed by atoms with E-state index in [1.807, 2.05) is 0 Å². The zero-order valence-corrected chi connectivity index (χ0v) is 10.5. The van der Waals surface area contributed by atoms with Crippen LogP contribution in [0.2, 0.25) is 0 Å². The summed E-state index contributed by atoms with van der Waals surface area (Å²) >= 11 is 0. The Morgan fingerprint density at radius 3 is 2.95 bits per heavy atom. The van der Waals surface area contributed by atoms with Gasteiger partial charge in [-0.05, 0) is 24.3 Å². The lowest BCUT2D eigenvalue weighted by molar-refractivity contribution is -0.116. The van der Waals surface area contributed by atoms with Gasteiger partial charge in [-0.2, -0.15) is 5.10 Å². The second-order valence-electron chi connectivity index (χ2n) is 4.12. The van der Waals surface area contributed by atoms with Crippen molar-refractivity contribution in [2.45, 2.75) is 13.0 Å². The number of aryl methyl sites for hydroxylation is 1. The number of carbonyl (C=O) groups excluding carboxylic acids is 1. The summed E-state index contributed by atoms with van der Waals surface area (Å²) in [5, 5.41) is 6.22. The molecule has 1 aromatic heterocycles. The SMILES string of the molecule is Nc1ccc(F)c(NC(=O)CCn2ncccc2=O)c1. The third-order valence-corrected chi connectivity index (χ3v) is 2.60. The molecule has 0 aliphatic carbocycles. The van der Waals surface area contributed by atoms with Gasteiger partial charge >= 0.3 is 0 Å². The average Bonchev–Trinajstić information content (AvgIpc) is 2.42. The lowest BCUT2D eigenvalue weighted by Crippen LogP contribution is -2.24. The molecule has 2 aromatic rings. The molecule has 104 valence electrons. The molecule has 0 spiro atoms. The van der Waals surface area contributed by atoms with Crippen molar-refractivity contribution in [3.63, 3.8) is 0 Å². The number of nitrogens with one attached hydrogen (secondary N) is 1. The number of hydrogen-bond donors (Lipinski definition) is 2. The zero-order chi connectivity index (χ0) is 14.5. The molecule has 1 amide bonds. The summed E-state index contributed by atoms with van der Waals surface area (Å²) < 4.78 is 14.6. The minimum absolute atomic E-state index is 0.00512. The first-order valence-corrected chi connectivity index (χ1v) is 5.93. The van der Waals surface area contributed by atoms with E-state index in [0.717, 1.165) is 4.68 Å². The Labute approximate surface area is 114 Å². The topological polar surface area (TPSA) is 90.0 Å². The molecule has 0 radical (unpaired) electrons. The van der Waals surface area contributed by atoms with Gasteiger partial charge < -0.3 is 11.1 Å². The standard InChI is InChI=1S/C13H13FN4O2/c14-10-4-3-9(15)8-11(10)17-12(19)5-7-18-13(20)2-1-6-16-18/h1-4,6,8H,5,7,15H2,(H,17,19). The van der Waals surface area contributed by atoms with Crippen LogP contribution in [0.15, 0.2) is 41.3 Å². The van der Waals surface area contributed by atoms with Gasteiger partial charge in [-0.15, -0.1) is 0 Å². The Kier molecular flexibility index (Phi) is 4.09. The molecule has 2 rings (SSSR count). The predicted molar refractivity (Wildman–Crippen MR) is 72.6 cm³/mol. The van der Waals surface area contributed by atoms with Gasteiger partial charge in [0.2, 0.25) is 5.91 Å². The van der Waals surface area contributed by atoms with Gasteiger partial charge in [-0.25, -0.2) is 9.07 Å². The average molecular weight is 276 g/mol. The molecule has 0 atom stereocenters. The van der Waals surface area contributed by atoms with Crippen LogP contribution in [0.5, 0.6) is 0 Å². The van der Waals surface area contributed by atoms with Crippen LogP contribution in [-0.4, -0.2) is 15.7 Å². The van der Waals surface area contributed by atoms with E-state index in [9.17, 15) is 14.0 Å². The van der Waals surface area contributed by atoms with Crippen LogP contribution in [0.25, 0.3) is 0 Å². The third-order valence-electron chi connectivity index (χ3n) is 2.60. The fraction of sp³-hybridized carbons (Fsp3) is 0.154. The van der Waals surface area contributed by atoms with E-state index in [1.165, 1.54) is 36.5 Å². The monoisotopic (exact) mass is 276 g/mol. The summed E-state index contributed by atoms with van der Waals surface area (Å²) in [5.41, 5.74) is 5.59. The first-order valence-electron chi connectivity index (χ1n) is 5.93. The molecular formula is C13H13FN4O2. The Hall–Kier alpha value is -2.70. The summed E-state index contributed by atoms with van der Waals surface area (Å²) in [5.74, 6) is -0.991. The van der Waals surface area contributed by atoms with Crippen molar-refractivity contribution >= 4 is 17.3 Å². The molecular weight excluding hydrogens is 263 g/mol. The Balaban J connectivity index is 1.98. The summed E-state index contributed by atoms with van der Waals surface area (Å²) in [6.07, 6.45) is 1.46. The van der Waals surface area contributed by atoms with Gasteiger partial charge in [-0.3, -0.25) is 9.59 Å². The van der Waals surface area contributed by atoms with Crippen molar-refractivity contribution < 1.29 is 9.18 Å². The first-order chi connectivity index (χ1) is 9.56. The van der Waals surface area contributed by atoms with Crippen molar-refractivity contribution in [3.05, 3.63) is 52.7 Å². The summed E-state index contributed by atoms with van der Waals surface area (Å²) in [7, 11) is 0. The number of benzene rings is 1. The van der Waals surface area contributed by atoms with Gasteiger partial charge in [0.15, 0.2) is 0 Å². The largest absolute Gasteiger partial charge is 0.399 e. The van der Waals surface area contributed by atoms with Crippen LogP contribution in [0, 0.1) is 5.82 Å². The minimum atomic E-state index is -0.567. The van der Waals surface area contributed by atoms with Gasteiger partial charge in [0.1, 0.15) is 5.82 Å². The van der Waals surface area contributed by atoms with E-state index in [1.54, 1.807) is 0 Å². The highest BCUT2D eigenvalue weighted by Crippen LogP contribution is 2.17. The lowest BCUT2D eigenvalue weighted by Gasteiger charge is -2.07. The predicted octanol–water partition coefficient (Wildman–Crippen LogP) is 0.993. The first kappa shape index (κ1) is 13.7. The summed E-state index contributed by atoms with van der Waals surface area (Å²) in [4.78, 5) is 23.1. The smallest absolute Gasteiger partial charge is 0.266 e. The van der Waals surface area contributed by atoms with Crippen molar-refractivity contribution in [1.29, 1.82) is 0 Å². The maximum Gasteiger partial charge on any atom is 0.266 e. The molecule has 0 aliphatic rings. The molecule has 0 bridgehead atoms. The number of rotatable bonds is 4. The van der Waals surface area contributed by atoms with Crippen molar-refractivity contribution in [3.8, 4) is 0 Å². The summed E-state index contributed by atoms with van der Waals surface area (Å²) in [6, 6.07) is 6.77. The van der Waals surface area contributed by atoms with Gasteiger partial charge in [-0.1, -0.05) is 0 Å². The van der Waals surface area contributed by atoms with Gasteiger partial charge in [0.05, 0.1) is 12.2 Å². The summed E-state index contributed by atoms with van der Waals surface area (Å²) in [6.45, 7) is 0.120. The fourth-order valence-corrected chi connectivity index (χ4v) is 1.61. The number of anilines is 2. The second-order valence-corrected chi connectivity index (χ2v) is 4.12. The van der Waals surface area contributed by atoms with Crippen LogP contribution in [0.4, 0.5) is 15.8 Å². The van der Waals surface area contributed by atoms with Gasteiger partial charge in [0.25, 0.3) is 5.56 Å². The molecule has 0 saturated heterocycles. The second kappa shape index (κ2) is 5.96. The number of nitrogens with two attached hydrogens (primary N) is 1. The Morgan fingerprint density at radius 1 is 1.40 bits per heavy atom. The van der Waals surface area contributed by atoms with Crippen molar-refractivity contribution in [1.82, 2.24) is 9.78 Å². The molecule has 0 saturated carbocycles. The van der Waals surface area contributed by atoms with Crippen LogP contribution in [0.3, 0.4) is 0 Å². The molecule has 1 heterocycles. The molecule has 3 N–H and O–H groups in total. The van der Waals surface area contributed by atoms with Crippen molar-refractivity contribution in [2.24, 2.45) is 0 Å². The van der Waals surface area contributed by atoms with Crippen LogP contribution in [-0.2, 0) is 11.3 Å². The van der Waals surface area contributed by atoms with Gasteiger partial charge in [0, 0.05) is 24.4 Å². The Morgan fingerprint density at radius 2 is 2.20 bits per heavy atom.